The fourth-order valence-electron chi connectivity index (χ4n) is 3.05. The molecule has 0 radical (unpaired) electrons. The molecule has 1 nitrogen and oxygen atoms in total. The molecule has 2 aliphatic rings. The van der Waals surface area contributed by atoms with Gasteiger partial charge in [-0.05, 0) is 38.5 Å². The fraction of sp³-hybridized carbons (Fsp3) is 0.857. The zero-order valence-electron chi connectivity index (χ0n) is 10.1. The molecule has 0 aromatic rings. The molecule has 2 heteroatoms. The van der Waals surface area contributed by atoms with E-state index in [4.69, 9.17) is 16.3 Å². The van der Waals surface area contributed by atoms with Crippen molar-refractivity contribution in [1.82, 2.24) is 0 Å². The van der Waals surface area contributed by atoms with Crippen molar-refractivity contribution in [3.63, 3.8) is 0 Å². The van der Waals surface area contributed by atoms with Gasteiger partial charge in [-0.1, -0.05) is 31.4 Å². The number of allylic oxidation sites excluding steroid dienone is 1. The Kier molecular flexibility index (Phi) is 4.72. The molecule has 0 aromatic heterocycles. The number of rotatable bonds is 4. The van der Waals surface area contributed by atoms with Crippen LogP contribution >= 0.6 is 11.6 Å². The summed E-state index contributed by atoms with van der Waals surface area (Å²) in [6.07, 6.45) is 16.3. The van der Waals surface area contributed by atoms with Gasteiger partial charge in [0.05, 0.1) is 11.7 Å². The van der Waals surface area contributed by atoms with Gasteiger partial charge in [0.2, 0.25) is 0 Å². The molecular formula is C14H23ClO. The maximum atomic E-state index is 6.29. The third-order valence-electron chi connectivity index (χ3n) is 3.94. The van der Waals surface area contributed by atoms with Crippen LogP contribution in [0.5, 0.6) is 0 Å². The van der Waals surface area contributed by atoms with E-state index in [9.17, 15) is 0 Å². The second-order valence-corrected chi connectivity index (χ2v) is 5.58. The molecule has 1 spiro atoms. The number of hydrogen-bond donors (Lipinski definition) is 0. The quantitative estimate of drug-likeness (QED) is 0.523. The molecule has 0 bridgehead atoms. The molecule has 1 atom stereocenters. The van der Waals surface area contributed by atoms with Crippen LogP contribution in [0.3, 0.4) is 0 Å². The highest BCUT2D eigenvalue weighted by molar-refractivity contribution is 6.17. The Hall–Kier alpha value is -0.0100. The minimum Gasteiger partial charge on any atom is -0.371 e. The highest BCUT2D eigenvalue weighted by Gasteiger charge is 2.40. The summed E-state index contributed by atoms with van der Waals surface area (Å²) in [5.41, 5.74) is 0.281. The normalized spacial score (nSPS) is 29.2. The second kappa shape index (κ2) is 6.07. The van der Waals surface area contributed by atoms with Crippen molar-refractivity contribution in [3.8, 4) is 0 Å². The van der Waals surface area contributed by atoms with Gasteiger partial charge in [0.25, 0.3) is 0 Å². The molecule has 1 aliphatic heterocycles. The van der Waals surface area contributed by atoms with E-state index < -0.39 is 0 Å². The molecule has 16 heavy (non-hydrogen) atoms. The molecule has 2 fully saturated rings. The molecule has 2 rings (SSSR count). The summed E-state index contributed by atoms with van der Waals surface area (Å²) >= 11 is 5.63. The van der Waals surface area contributed by atoms with Crippen molar-refractivity contribution in [1.29, 1.82) is 0 Å². The molecule has 1 heterocycles. The largest absolute Gasteiger partial charge is 0.371 e. The molecule has 1 aliphatic carbocycles. The van der Waals surface area contributed by atoms with E-state index in [1.54, 1.807) is 0 Å². The third-order valence-corrected chi connectivity index (χ3v) is 4.16. The Bertz CT molecular complexity index is 231. The monoisotopic (exact) mass is 242 g/mol. The van der Waals surface area contributed by atoms with Crippen LogP contribution in [0.25, 0.3) is 0 Å². The van der Waals surface area contributed by atoms with E-state index >= 15 is 0 Å². The first-order valence-electron chi connectivity index (χ1n) is 6.73. The average Bonchev–Trinajstić information content (AvgIpc) is 2.69. The van der Waals surface area contributed by atoms with E-state index in [1.165, 1.54) is 44.9 Å². The lowest BCUT2D eigenvalue weighted by Crippen LogP contribution is -2.31. The average molecular weight is 243 g/mol. The lowest BCUT2D eigenvalue weighted by molar-refractivity contribution is -0.0620. The topological polar surface area (TPSA) is 9.23 Å². The zero-order chi connectivity index (χ0) is 11.3. The van der Waals surface area contributed by atoms with Gasteiger partial charge in [0.1, 0.15) is 0 Å². The van der Waals surface area contributed by atoms with E-state index in [2.05, 4.69) is 12.2 Å². The van der Waals surface area contributed by atoms with Crippen molar-refractivity contribution in [2.24, 2.45) is 0 Å². The lowest BCUT2D eigenvalue weighted by Gasteiger charge is -2.33. The second-order valence-electron chi connectivity index (χ2n) is 5.21. The molecule has 1 saturated heterocycles. The number of alkyl halides is 1. The smallest absolute Gasteiger partial charge is 0.0687 e. The van der Waals surface area contributed by atoms with Gasteiger partial charge in [0, 0.05) is 5.88 Å². The van der Waals surface area contributed by atoms with Gasteiger partial charge in [-0.3, -0.25) is 0 Å². The number of halogens is 1. The van der Waals surface area contributed by atoms with Crippen LogP contribution in [0, 0.1) is 0 Å². The molecule has 0 aromatic carbocycles. The van der Waals surface area contributed by atoms with Crippen molar-refractivity contribution < 1.29 is 4.74 Å². The Labute approximate surface area is 104 Å². The van der Waals surface area contributed by atoms with Gasteiger partial charge in [-0.25, -0.2) is 0 Å². The first-order chi connectivity index (χ1) is 7.85. The Morgan fingerprint density at radius 2 is 1.94 bits per heavy atom. The number of hydrogen-bond acceptors (Lipinski definition) is 1. The van der Waals surface area contributed by atoms with E-state index in [1.807, 2.05) is 0 Å². The first-order valence-corrected chi connectivity index (χ1v) is 7.27. The minimum absolute atomic E-state index is 0.281. The lowest BCUT2D eigenvalue weighted by atomic mass is 9.83. The fourth-order valence-corrected chi connectivity index (χ4v) is 3.18. The van der Waals surface area contributed by atoms with Crippen LogP contribution in [0.2, 0.25) is 0 Å². The minimum atomic E-state index is 0.281. The standard InChI is InChI=1S/C14H23ClO/c15-12-6-1-3-7-13-8-11-14(16-13)9-4-2-5-10-14/h1,3,13H,2,4-12H2/b3-1+. The van der Waals surface area contributed by atoms with Gasteiger partial charge in [0.15, 0.2) is 0 Å². The Morgan fingerprint density at radius 3 is 2.69 bits per heavy atom. The van der Waals surface area contributed by atoms with Gasteiger partial charge in [-0.2, -0.15) is 0 Å². The van der Waals surface area contributed by atoms with Gasteiger partial charge < -0.3 is 4.74 Å². The van der Waals surface area contributed by atoms with Crippen molar-refractivity contribution in [3.05, 3.63) is 12.2 Å². The predicted molar refractivity (Wildman–Crippen MR) is 69.0 cm³/mol. The van der Waals surface area contributed by atoms with Crippen LogP contribution in [-0.2, 0) is 4.74 Å². The third kappa shape index (κ3) is 3.24. The maximum Gasteiger partial charge on any atom is 0.0687 e. The number of ether oxygens (including phenoxy) is 1. The predicted octanol–water partition coefficient (Wildman–Crippen LogP) is 4.44. The van der Waals surface area contributed by atoms with Crippen LogP contribution in [0.15, 0.2) is 12.2 Å². The Balaban J connectivity index is 1.74. The van der Waals surface area contributed by atoms with Gasteiger partial charge >= 0.3 is 0 Å². The summed E-state index contributed by atoms with van der Waals surface area (Å²) in [6.45, 7) is 0. The highest BCUT2D eigenvalue weighted by atomic mass is 35.5. The van der Waals surface area contributed by atoms with Crippen molar-refractivity contribution in [2.45, 2.75) is 69.5 Å². The molecular weight excluding hydrogens is 220 g/mol. The summed E-state index contributed by atoms with van der Waals surface area (Å²) in [7, 11) is 0. The summed E-state index contributed by atoms with van der Waals surface area (Å²) in [6, 6.07) is 0. The summed E-state index contributed by atoms with van der Waals surface area (Å²) < 4.78 is 6.29. The highest BCUT2D eigenvalue weighted by Crippen LogP contribution is 2.42. The zero-order valence-corrected chi connectivity index (χ0v) is 10.8. The summed E-state index contributed by atoms with van der Waals surface area (Å²) in [5, 5.41) is 0. The van der Waals surface area contributed by atoms with Crippen LogP contribution in [0.1, 0.15) is 57.8 Å². The maximum absolute atomic E-state index is 6.29. The van der Waals surface area contributed by atoms with Gasteiger partial charge in [-0.15, -0.1) is 11.6 Å². The summed E-state index contributed by atoms with van der Waals surface area (Å²) in [4.78, 5) is 0. The van der Waals surface area contributed by atoms with Crippen LogP contribution in [0.4, 0.5) is 0 Å². The van der Waals surface area contributed by atoms with Crippen molar-refractivity contribution >= 4 is 11.6 Å². The molecule has 0 amide bonds. The van der Waals surface area contributed by atoms with E-state index in [0.29, 0.717) is 6.10 Å². The summed E-state index contributed by atoms with van der Waals surface area (Å²) in [5.74, 6) is 0.728. The van der Waals surface area contributed by atoms with Crippen LogP contribution in [-0.4, -0.2) is 17.6 Å². The molecule has 1 saturated carbocycles. The SMILES string of the molecule is ClCC/C=C/CC1CCC2(CCCCC2)O1. The van der Waals surface area contributed by atoms with E-state index in [-0.39, 0.29) is 5.60 Å². The van der Waals surface area contributed by atoms with Crippen LogP contribution < -0.4 is 0 Å². The molecule has 0 N–H and O–H groups in total. The Morgan fingerprint density at radius 1 is 1.12 bits per heavy atom. The first kappa shape index (κ1) is 12.4. The van der Waals surface area contributed by atoms with E-state index in [0.717, 1.165) is 18.7 Å². The van der Waals surface area contributed by atoms with Crippen molar-refractivity contribution in [2.75, 3.05) is 5.88 Å². The molecule has 92 valence electrons. The molecule has 1 unspecified atom stereocenters.